The van der Waals surface area contributed by atoms with Gasteiger partial charge < -0.3 is 29.2 Å². The van der Waals surface area contributed by atoms with E-state index in [1.54, 1.807) is 26.8 Å². The summed E-state index contributed by atoms with van der Waals surface area (Å²) in [5, 5.41) is 2.75. The monoisotopic (exact) mass is 434 g/mol. The molecule has 0 aromatic heterocycles. The van der Waals surface area contributed by atoms with Crippen LogP contribution >= 0.6 is 0 Å². The predicted octanol–water partition coefficient (Wildman–Crippen LogP) is 3.88. The van der Waals surface area contributed by atoms with Gasteiger partial charge in [-0.3, -0.25) is 0 Å². The van der Waals surface area contributed by atoms with Gasteiger partial charge in [0.2, 0.25) is 0 Å². The third-order valence-electron chi connectivity index (χ3n) is 3.94. The van der Waals surface area contributed by atoms with E-state index < -0.39 is 29.9 Å². The van der Waals surface area contributed by atoms with E-state index in [2.05, 4.69) is 18.5 Å². The van der Waals surface area contributed by atoms with Crippen molar-refractivity contribution in [2.24, 2.45) is 0 Å². The number of ether oxygens (including phenoxy) is 4. The molecular weight excluding hydrogens is 400 g/mol. The Morgan fingerprint density at radius 1 is 1.19 bits per heavy atom. The molecule has 172 valence electrons. The van der Waals surface area contributed by atoms with Gasteiger partial charge in [0.05, 0.1) is 6.04 Å². The summed E-state index contributed by atoms with van der Waals surface area (Å²) < 4.78 is 21.3. The van der Waals surface area contributed by atoms with Crippen LogP contribution in [0.4, 0.5) is 9.59 Å². The Kier molecular flexibility index (Phi) is 11.4. The Hall–Kier alpha value is -2.84. The van der Waals surface area contributed by atoms with E-state index in [1.807, 2.05) is 30.3 Å². The van der Waals surface area contributed by atoms with Crippen LogP contribution in [0, 0.1) is 0 Å². The van der Waals surface area contributed by atoms with Crippen LogP contribution in [0.2, 0.25) is 0 Å². The molecule has 0 aliphatic carbocycles. The number of carbonyl (C=O) groups is 2. The second-order valence-electron chi connectivity index (χ2n) is 7.76. The third-order valence-corrected chi connectivity index (χ3v) is 3.94. The standard InChI is InChI=1S/C23H34N2O6/c1-7-14-25(22(27)29-16-18-12-10-9-11-13-18)15-19(20(8-2)30-17-28-6)24-21(26)31-23(3,4)5/h7-13,19-20H,1-2,14-17H2,3-6H3,(H,24,26)/t19-,20-/m1/s1. The minimum Gasteiger partial charge on any atom is -0.445 e. The lowest BCUT2D eigenvalue weighted by Crippen LogP contribution is -2.53. The molecule has 1 aromatic carbocycles. The van der Waals surface area contributed by atoms with Crippen molar-refractivity contribution in [1.82, 2.24) is 10.2 Å². The van der Waals surface area contributed by atoms with Crippen LogP contribution < -0.4 is 5.32 Å². The van der Waals surface area contributed by atoms with Crippen molar-refractivity contribution in [3.8, 4) is 0 Å². The minimum absolute atomic E-state index is 0.0108. The van der Waals surface area contributed by atoms with Gasteiger partial charge in [0.25, 0.3) is 0 Å². The number of amides is 2. The van der Waals surface area contributed by atoms with E-state index in [1.165, 1.54) is 18.1 Å². The van der Waals surface area contributed by atoms with Gasteiger partial charge in [-0.15, -0.1) is 13.2 Å². The van der Waals surface area contributed by atoms with E-state index in [4.69, 9.17) is 18.9 Å². The summed E-state index contributed by atoms with van der Waals surface area (Å²) in [6.45, 7) is 13.2. The highest BCUT2D eigenvalue weighted by Crippen LogP contribution is 2.11. The summed E-state index contributed by atoms with van der Waals surface area (Å²) in [4.78, 5) is 26.5. The molecule has 2 amide bonds. The third kappa shape index (κ3) is 10.7. The molecule has 0 unspecified atom stereocenters. The molecule has 0 saturated carbocycles. The van der Waals surface area contributed by atoms with E-state index in [0.29, 0.717) is 0 Å². The van der Waals surface area contributed by atoms with Gasteiger partial charge in [0.15, 0.2) is 0 Å². The van der Waals surface area contributed by atoms with Crippen molar-refractivity contribution < 1.29 is 28.5 Å². The molecule has 0 bridgehead atoms. The second kappa shape index (κ2) is 13.5. The Morgan fingerprint density at radius 3 is 2.42 bits per heavy atom. The average Bonchev–Trinajstić information content (AvgIpc) is 2.71. The quantitative estimate of drug-likeness (QED) is 0.397. The summed E-state index contributed by atoms with van der Waals surface area (Å²) in [5.74, 6) is 0. The van der Waals surface area contributed by atoms with E-state index in [-0.39, 0.29) is 26.5 Å². The van der Waals surface area contributed by atoms with Crippen molar-refractivity contribution >= 4 is 12.2 Å². The predicted molar refractivity (Wildman–Crippen MR) is 119 cm³/mol. The second-order valence-corrected chi connectivity index (χ2v) is 7.76. The molecule has 0 aliphatic heterocycles. The summed E-state index contributed by atoms with van der Waals surface area (Å²) in [5.41, 5.74) is 0.187. The van der Waals surface area contributed by atoms with Gasteiger partial charge in [-0.2, -0.15) is 0 Å². The van der Waals surface area contributed by atoms with Crippen molar-refractivity contribution in [3.63, 3.8) is 0 Å². The lowest BCUT2D eigenvalue weighted by Gasteiger charge is -2.31. The molecule has 0 spiro atoms. The van der Waals surface area contributed by atoms with Crippen molar-refractivity contribution in [3.05, 3.63) is 61.2 Å². The van der Waals surface area contributed by atoms with Gasteiger partial charge in [0.1, 0.15) is 25.1 Å². The van der Waals surface area contributed by atoms with Gasteiger partial charge in [0, 0.05) is 20.2 Å². The summed E-state index contributed by atoms with van der Waals surface area (Å²) >= 11 is 0. The topological polar surface area (TPSA) is 86.3 Å². The maximum absolute atomic E-state index is 12.7. The van der Waals surface area contributed by atoms with Crippen molar-refractivity contribution in [2.45, 2.75) is 45.1 Å². The molecule has 1 N–H and O–H groups in total. The first-order chi connectivity index (χ1) is 14.7. The normalized spacial score (nSPS) is 12.9. The molecule has 0 heterocycles. The zero-order chi connectivity index (χ0) is 23.3. The number of alkyl carbamates (subject to hydrolysis) is 1. The molecule has 31 heavy (non-hydrogen) atoms. The average molecular weight is 435 g/mol. The molecular formula is C23H34N2O6. The fourth-order valence-corrected chi connectivity index (χ4v) is 2.61. The molecule has 0 aliphatic rings. The lowest BCUT2D eigenvalue weighted by molar-refractivity contribution is -0.0686. The van der Waals surface area contributed by atoms with Crippen LogP contribution in [0.3, 0.4) is 0 Å². The first-order valence-electron chi connectivity index (χ1n) is 9.99. The number of benzene rings is 1. The number of nitrogens with one attached hydrogen (secondary N) is 1. The van der Waals surface area contributed by atoms with Crippen molar-refractivity contribution in [1.29, 1.82) is 0 Å². The van der Waals surface area contributed by atoms with Crippen LogP contribution in [0.5, 0.6) is 0 Å². The number of hydrogen-bond donors (Lipinski definition) is 1. The smallest absolute Gasteiger partial charge is 0.410 e. The molecule has 1 rings (SSSR count). The number of nitrogens with zero attached hydrogens (tertiary/aromatic N) is 1. The van der Waals surface area contributed by atoms with Crippen molar-refractivity contribution in [2.75, 3.05) is 27.0 Å². The maximum Gasteiger partial charge on any atom is 0.410 e. The molecule has 0 radical (unpaired) electrons. The van der Waals surface area contributed by atoms with E-state index in [0.717, 1.165) is 5.56 Å². The Bertz CT molecular complexity index is 702. The zero-order valence-corrected chi connectivity index (χ0v) is 18.8. The van der Waals surface area contributed by atoms with Gasteiger partial charge in [-0.05, 0) is 26.3 Å². The maximum atomic E-state index is 12.7. The summed E-state index contributed by atoms with van der Waals surface area (Å²) in [6.07, 6.45) is 1.29. The van der Waals surface area contributed by atoms with E-state index in [9.17, 15) is 9.59 Å². The largest absolute Gasteiger partial charge is 0.445 e. The fourth-order valence-electron chi connectivity index (χ4n) is 2.61. The Labute approximate surface area is 184 Å². The first-order valence-corrected chi connectivity index (χ1v) is 9.99. The first kappa shape index (κ1) is 26.2. The van der Waals surface area contributed by atoms with E-state index >= 15 is 0 Å². The van der Waals surface area contributed by atoms with Crippen LogP contribution in [-0.2, 0) is 25.6 Å². The summed E-state index contributed by atoms with van der Waals surface area (Å²) in [6, 6.07) is 8.69. The highest BCUT2D eigenvalue weighted by atomic mass is 16.7. The van der Waals surface area contributed by atoms with Crippen LogP contribution in [-0.4, -0.2) is 61.8 Å². The van der Waals surface area contributed by atoms with Crippen LogP contribution in [0.15, 0.2) is 55.6 Å². The Balaban J connectivity index is 2.92. The van der Waals surface area contributed by atoms with Crippen LogP contribution in [0.25, 0.3) is 0 Å². The minimum atomic E-state index is -0.679. The molecule has 1 aromatic rings. The number of rotatable bonds is 12. The Morgan fingerprint density at radius 2 is 1.87 bits per heavy atom. The lowest BCUT2D eigenvalue weighted by atomic mass is 10.1. The van der Waals surface area contributed by atoms with Gasteiger partial charge >= 0.3 is 12.2 Å². The highest BCUT2D eigenvalue weighted by molar-refractivity contribution is 5.69. The van der Waals surface area contributed by atoms with Gasteiger partial charge in [-0.25, -0.2) is 9.59 Å². The number of hydrogen-bond acceptors (Lipinski definition) is 6. The fraction of sp³-hybridized carbons (Fsp3) is 0.478. The molecule has 2 atom stereocenters. The highest BCUT2D eigenvalue weighted by Gasteiger charge is 2.29. The molecule has 8 nitrogen and oxygen atoms in total. The molecule has 0 fully saturated rings. The zero-order valence-electron chi connectivity index (χ0n) is 18.8. The number of methoxy groups -OCH3 is 1. The molecule has 0 saturated heterocycles. The van der Waals surface area contributed by atoms with Gasteiger partial charge in [-0.1, -0.05) is 42.5 Å². The SMILES string of the molecule is C=CCN(C[C@@H](NC(=O)OC(C)(C)C)[C@@H](C=C)OCOC)C(=O)OCc1ccccc1. The molecule has 8 heteroatoms. The van der Waals surface area contributed by atoms with Crippen LogP contribution in [0.1, 0.15) is 26.3 Å². The summed E-state index contributed by atoms with van der Waals surface area (Å²) in [7, 11) is 1.49. The number of carbonyl (C=O) groups excluding carboxylic acids is 2.